The van der Waals surface area contributed by atoms with Crippen molar-refractivity contribution >= 4 is 0 Å². The van der Waals surface area contributed by atoms with E-state index in [0.717, 1.165) is 36.8 Å². The number of unbranched alkanes of at least 4 members (excludes halogenated alkanes) is 2. The molecule has 0 aromatic heterocycles. The molecule has 1 aromatic rings. The van der Waals surface area contributed by atoms with Crippen molar-refractivity contribution in [2.45, 2.75) is 46.5 Å². The van der Waals surface area contributed by atoms with Crippen LogP contribution in [0.5, 0.6) is 0 Å². The van der Waals surface area contributed by atoms with Crippen molar-refractivity contribution in [2.75, 3.05) is 0 Å². The van der Waals surface area contributed by atoms with E-state index in [0.29, 0.717) is 5.92 Å². The van der Waals surface area contributed by atoms with Crippen molar-refractivity contribution in [3.05, 3.63) is 41.6 Å². The Morgan fingerprint density at radius 1 is 1.31 bits per heavy atom. The van der Waals surface area contributed by atoms with Crippen molar-refractivity contribution in [3.63, 3.8) is 0 Å². The fourth-order valence-electron chi connectivity index (χ4n) is 1.82. The molecule has 1 rings (SSSR count). The van der Waals surface area contributed by atoms with E-state index < -0.39 is 0 Å². The first-order valence-corrected chi connectivity index (χ1v) is 6.25. The summed E-state index contributed by atoms with van der Waals surface area (Å²) in [5, 5.41) is 0. The van der Waals surface area contributed by atoms with Gasteiger partial charge in [0.2, 0.25) is 0 Å². The third-order valence-electron chi connectivity index (χ3n) is 2.66. The first-order chi connectivity index (χ1) is 7.65. The van der Waals surface area contributed by atoms with E-state index >= 15 is 0 Å². The standard InChI is InChI=1S/C15H22F/c1-4-5-6-8-13-9-7-10-14(15(13)16)11-12(2)3/h7-10,12H,4-6,11H2,1-3H3. The molecule has 0 aliphatic heterocycles. The quantitative estimate of drug-likeness (QED) is 0.607. The largest absolute Gasteiger partial charge is 0.206 e. The van der Waals surface area contributed by atoms with E-state index in [4.69, 9.17) is 0 Å². The second kappa shape index (κ2) is 6.67. The smallest absolute Gasteiger partial charge is 0.129 e. The van der Waals surface area contributed by atoms with Crippen LogP contribution < -0.4 is 0 Å². The Kier molecular flexibility index (Phi) is 5.51. The van der Waals surface area contributed by atoms with Gasteiger partial charge < -0.3 is 0 Å². The highest BCUT2D eigenvalue weighted by Gasteiger charge is 2.08. The van der Waals surface area contributed by atoms with Crippen LogP contribution in [0.3, 0.4) is 0 Å². The molecule has 0 unspecified atom stereocenters. The van der Waals surface area contributed by atoms with Crippen molar-refractivity contribution < 1.29 is 4.39 Å². The summed E-state index contributed by atoms with van der Waals surface area (Å²) in [6.45, 7) is 6.39. The van der Waals surface area contributed by atoms with Gasteiger partial charge in [0, 0.05) is 0 Å². The van der Waals surface area contributed by atoms with E-state index in [1.165, 1.54) is 0 Å². The van der Waals surface area contributed by atoms with Crippen LogP contribution in [0.15, 0.2) is 18.2 Å². The zero-order valence-corrected chi connectivity index (χ0v) is 10.6. The molecule has 0 N–H and O–H groups in total. The van der Waals surface area contributed by atoms with Crippen LogP contribution in [0, 0.1) is 18.2 Å². The van der Waals surface area contributed by atoms with Gasteiger partial charge in [-0.25, -0.2) is 4.39 Å². The number of rotatable bonds is 6. The molecule has 1 radical (unpaired) electrons. The van der Waals surface area contributed by atoms with Gasteiger partial charge in [0.1, 0.15) is 5.82 Å². The Morgan fingerprint density at radius 2 is 2.06 bits per heavy atom. The third kappa shape index (κ3) is 3.96. The van der Waals surface area contributed by atoms with Crippen molar-refractivity contribution in [1.29, 1.82) is 0 Å². The molecule has 16 heavy (non-hydrogen) atoms. The SMILES string of the molecule is CCCC[CH]c1cccc(CC(C)C)c1F. The highest BCUT2D eigenvalue weighted by atomic mass is 19.1. The first kappa shape index (κ1) is 13.2. The van der Waals surface area contributed by atoms with Gasteiger partial charge in [-0.1, -0.05) is 51.8 Å². The van der Waals surface area contributed by atoms with Crippen molar-refractivity contribution in [3.8, 4) is 0 Å². The predicted octanol–water partition coefficient (Wildman–Crippen LogP) is 4.77. The molecule has 1 heteroatoms. The first-order valence-electron chi connectivity index (χ1n) is 6.25. The Bertz CT molecular complexity index is 315. The molecular formula is C15H22F. The Morgan fingerprint density at radius 3 is 2.69 bits per heavy atom. The lowest BCUT2D eigenvalue weighted by molar-refractivity contribution is 0.567. The summed E-state index contributed by atoms with van der Waals surface area (Å²) < 4.78 is 14.0. The predicted molar refractivity (Wildman–Crippen MR) is 67.9 cm³/mol. The molecule has 0 amide bonds. The van der Waals surface area contributed by atoms with E-state index in [9.17, 15) is 4.39 Å². The van der Waals surface area contributed by atoms with Gasteiger partial charge in [0.25, 0.3) is 0 Å². The molecule has 0 bridgehead atoms. The van der Waals surface area contributed by atoms with Crippen LogP contribution in [-0.4, -0.2) is 0 Å². The summed E-state index contributed by atoms with van der Waals surface area (Å²) >= 11 is 0. The minimum atomic E-state index is -0.0210. The fraction of sp³-hybridized carbons (Fsp3) is 0.533. The van der Waals surface area contributed by atoms with Gasteiger partial charge in [-0.15, -0.1) is 0 Å². The zero-order valence-electron chi connectivity index (χ0n) is 10.6. The molecule has 0 saturated carbocycles. The van der Waals surface area contributed by atoms with Crippen LogP contribution in [0.4, 0.5) is 4.39 Å². The Hall–Kier alpha value is -0.850. The summed E-state index contributed by atoms with van der Waals surface area (Å²) in [6, 6.07) is 5.72. The van der Waals surface area contributed by atoms with Gasteiger partial charge in [-0.05, 0) is 36.3 Å². The maximum atomic E-state index is 14.0. The minimum absolute atomic E-state index is 0.0210. The van der Waals surface area contributed by atoms with Crippen LogP contribution in [0.2, 0.25) is 0 Å². The number of hydrogen-bond acceptors (Lipinski definition) is 0. The highest BCUT2D eigenvalue weighted by Crippen LogP contribution is 2.19. The van der Waals surface area contributed by atoms with Crippen LogP contribution >= 0.6 is 0 Å². The van der Waals surface area contributed by atoms with E-state index in [2.05, 4.69) is 20.8 Å². The van der Waals surface area contributed by atoms with Gasteiger partial charge in [-0.3, -0.25) is 0 Å². The topological polar surface area (TPSA) is 0 Å². The van der Waals surface area contributed by atoms with Gasteiger partial charge in [0.15, 0.2) is 0 Å². The maximum absolute atomic E-state index is 14.0. The second-order valence-corrected chi connectivity index (χ2v) is 4.76. The molecule has 0 heterocycles. The fourth-order valence-corrected chi connectivity index (χ4v) is 1.82. The molecule has 0 fully saturated rings. The molecule has 89 valence electrons. The monoisotopic (exact) mass is 221 g/mol. The molecule has 0 aliphatic rings. The lowest BCUT2D eigenvalue weighted by Crippen LogP contribution is -2.00. The Labute approximate surface area is 98.9 Å². The average Bonchev–Trinajstić information content (AvgIpc) is 2.23. The van der Waals surface area contributed by atoms with Crippen LogP contribution in [-0.2, 0) is 6.42 Å². The van der Waals surface area contributed by atoms with Gasteiger partial charge in [0.05, 0.1) is 0 Å². The zero-order chi connectivity index (χ0) is 12.0. The summed E-state index contributed by atoms with van der Waals surface area (Å²) in [4.78, 5) is 0. The van der Waals surface area contributed by atoms with Gasteiger partial charge >= 0.3 is 0 Å². The summed E-state index contributed by atoms with van der Waals surface area (Å²) in [6.07, 6.45) is 6.10. The third-order valence-corrected chi connectivity index (χ3v) is 2.66. The molecule has 0 aliphatic carbocycles. The number of halogens is 1. The van der Waals surface area contributed by atoms with E-state index in [-0.39, 0.29) is 5.82 Å². The second-order valence-electron chi connectivity index (χ2n) is 4.76. The summed E-state index contributed by atoms with van der Waals surface area (Å²) in [5.41, 5.74) is 1.62. The van der Waals surface area contributed by atoms with Gasteiger partial charge in [-0.2, -0.15) is 0 Å². The number of benzene rings is 1. The normalized spacial score (nSPS) is 11.1. The molecule has 0 atom stereocenters. The summed E-state index contributed by atoms with van der Waals surface area (Å²) in [7, 11) is 0. The minimum Gasteiger partial charge on any atom is -0.206 e. The lowest BCUT2D eigenvalue weighted by Gasteiger charge is -2.09. The van der Waals surface area contributed by atoms with E-state index in [1.807, 2.05) is 24.6 Å². The number of hydrogen-bond donors (Lipinski definition) is 0. The lowest BCUT2D eigenvalue weighted by atomic mass is 9.98. The maximum Gasteiger partial charge on any atom is 0.129 e. The summed E-state index contributed by atoms with van der Waals surface area (Å²) in [5.74, 6) is 0.479. The molecule has 0 spiro atoms. The van der Waals surface area contributed by atoms with E-state index in [1.54, 1.807) is 0 Å². The van der Waals surface area contributed by atoms with Crippen LogP contribution in [0.1, 0.15) is 51.2 Å². The molecular weight excluding hydrogens is 199 g/mol. The molecule has 0 nitrogen and oxygen atoms in total. The molecule has 1 aromatic carbocycles. The highest BCUT2D eigenvalue weighted by molar-refractivity contribution is 5.31. The van der Waals surface area contributed by atoms with Crippen molar-refractivity contribution in [2.24, 2.45) is 5.92 Å². The van der Waals surface area contributed by atoms with Crippen molar-refractivity contribution in [1.82, 2.24) is 0 Å². The molecule has 0 saturated heterocycles. The van der Waals surface area contributed by atoms with Crippen LogP contribution in [0.25, 0.3) is 0 Å². The Balaban J connectivity index is 2.70. The average molecular weight is 221 g/mol.